The number of amides is 4. The van der Waals surface area contributed by atoms with Crippen LogP contribution in [0.5, 0.6) is 0 Å². The summed E-state index contributed by atoms with van der Waals surface area (Å²) in [5.41, 5.74) is 12.7. The van der Waals surface area contributed by atoms with E-state index in [1.807, 2.05) is 13.8 Å². The van der Waals surface area contributed by atoms with E-state index in [-0.39, 0.29) is 21.7 Å². The molecule has 1 heterocycles. The molecule has 0 radical (unpaired) electrons. The van der Waals surface area contributed by atoms with Crippen LogP contribution in [0.1, 0.15) is 31.8 Å². The van der Waals surface area contributed by atoms with Gasteiger partial charge in [0, 0.05) is 11.1 Å². The number of nitrogens with zero attached hydrogens (tertiary/aromatic N) is 2. The number of thiocarbonyl (C=S) groups is 2. The second-order valence-electron chi connectivity index (χ2n) is 8.06. The van der Waals surface area contributed by atoms with Crippen molar-refractivity contribution in [2.45, 2.75) is 22.5 Å². The first-order valence-electron chi connectivity index (χ1n) is 11.6. The molecule has 0 aliphatic rings. The molecule has 0 aliphatic heterocycles. The van der Waals surface area contributed by atoms with E-state index in [1.54, 1.807) is 48.5 Å². The van der Waals surface area contributed by atoms with Gasteiger partial charge in [0.2, 0.25) is 11.8 Å². The van der Waals surface area contributed by atoms with Gasteiger partial charge >= 0.3 is 0 Å². The van der Waals surface area contributed by atoms with Crippen LogP contribution in [0, 0.1) is 13.8 Å². The van der Waals surface area contributed by atoms with Gasteiger partial charge in [-0.05, 0) is 62.5 Å². The molecule has 0 aliphatic carbocycles. The number of aryl methyl sites for hydroxylation is 2. The van der Waals surface area contributed by atoms with Gasteiger partial charge in [0.25, 0.3) is 11.8 Å². The molecular formula is C24H24N8O4S5. The van der Waals surface area contributed by atoms with Crippen LogP contribution < -0.4 is 32.3 Å². The predicted octanol–water partition coefficient (Wildman–Crippen LogP) is 2.01. The Labute approximate surface area is 258 Å². The van der Waals surface area contributed by atoms with Crippen LogP contribution in [-0.2, 0) is 9.59 Å². The SMILES string of the molecule is Cc1ccc(C(=O)NC(=S)NNC(=O)CSc2nnc(SCC(=O)NNC(=S)NC(=O)c3ccc(C)cc3)s2)cc1. The molecule has 3 aromatic rings. The molecule has 0 unspecified atom stereocenters. The molecule has 1 aromatic heterocycles. The van der Waals surface area contributed by atoms with E-state index < -0.39 is 23.6 Å². The molecule has 41 heavy (non-hydrogen) atoms. The number of benzene rings is 2. The Kier molecular flexibility index (Phi) is 12.4. The summed E-state index contributed by atoms with van der Waals surface area (Å²) >= 11 is 13.6. The fraction of sp³-hybridized carbons (Fsp3) is 0.167. The maximum atomic E-state index is 12.2. The van der Waals surface area contributed by atoms with Crippen LogP contribution in [-0.4, -0.2) is 55.6 Å². The molecule has 3 rings (SSSR count). The molecular weight excluding hydrogens is 625 g/mol. The zero-order valence-electron chi connectivity index (χ0n) is 21.6. The molecule has 4 amide bonds. The molecule has 0 spiro atoms. The average molecular weight is 649 g/mol. The Morgan fingerprint density at radius 1 is 0.659 bits per heavy atom. The maximum Gasteiger partial charge on any atom is 0.257 e. The fourth-order valence-electron chi connectivity index (χ4n) is 2.72. The normalized spacial score (nSPS) is 10.2. The minimum absolute atomic E-state index is 0.0109. The molecule has 0 saturated heterocycles. The fourth-order valence-corrected chi connectivity index (χ4v) is 5.62. The van der Waals surface area contributed by atoms with Crippen molar-refractivity contribution in [2.24, 2.45) is 0 Å². The van der Waals surface area contributed by atoms with E-state index in [2.05, 4.69) is 42.5 Å². The quantitative estimate of drug-likeness (QED) is 0.120. The number of hydrogen-bond acceptors (Lipinski definition) is 11. The lowest BCUT2D eigenvalue weighted by Gasteiger charge is -2.10. The van der Waals surface area contributed by atoms with Gasteiger partial charge in [-0.25, -0.2) is 0 Å². The number of aromatic nitrogens is 2. The van der Waals surface area contributed by atoms with Crippen LogP contribution >= 0.6 is 59.3 Å². The summed E-state index contributed by atoms with van der Waals surface area (Å²) in [4.78, 5) is 48.5. The Morgan fingerprint density at radius 2 is 1.02 bits per heavy atom. The zero-order valence-corrected chi connectivity index (χ0v) is 25.7. The zero-order chi connectivity index (χ0) is 29.8. The summed E-state index contributed by atoms with van der Waals surface area (Å²) in [7, 11) is 0. The van der Waals surface area contributed by atoms with E-state index in [9.17, 15) is 19.2 Å². The smallest absolute Gasteiger partial charge is 0.257 e. The van der Waals surface area contributed by atoms with Gasteiger partial charge in [-0.2, -0.15) is 0 Å². The van der Waals surface area contributed by atoms with Crippen molar-refractivity contribution in [1.29, 1.82) is 0 Å². The highest BCUT2D eigenvalue weighted by atomic mass is 32.2. The Bertz CT molecular complexity index is 1320. The van der Waals surface area contributed by atoms with Crippen LogP contribution in [0.3, 0.4) is 0 Å². The Morgan fingerprint density at radius 3 is 1.39 bits per heavy atom. The number of hydrogen-bond donors (Lipinski definition) is 6. The third kappa shape index (κ3) is 11.4. The summed E-state index contributed by atoms with van der Waals surface area (Å²) < 4.78 is 1.05. The monoisotopic (exact) mass is 648 g/mol. The van der Waals surface area contributed by atoms with Crippen molar-refractivity contribution in [3.05, 3.63) is 70.8 Å². The molecule has 17 heteroatoms. The highest BCUT2D eigenvalue weighted by Gasteiger charge is 2.13. The van der Waals surface area contributed by atoms with Gasteiger partial charge in [-0.1, -0.05) is 70.3 Å². The minimum Gasteiger partial charge on any atom is -0.298 e. The first-order valence-corrected chi connectivity index (χ1v) is 15.2. The van der Waals surface area contributed by atoms with Gasteiger partial charge in [0.1, 0.15) is 0 Å². The molecule has 0 atom stereocenters. The lowest BCUT2D eigenvalue weighted by molar-refractivity contribution is -0.119. The van der Waals surface area contributed by atoms with Crippen LogP contribution in [0.25, 0.3) is 0 Å². The molecule has 0 fully saturated rings. The predicted molar refractivity (Wildman–Crippen MR) is 166 cm³/mol. The van der Waals surface area contributed by atoms with Crippen LogP contribution in [0.15, 0.2) is 57.2 Å². The lowest BCUT2D eigenvalue weighted by Crippen LogP contribution is -2.49. The van der Waals surface area contributed by atoms with Crippen molar-refractivity contribution < 1.29 is 19.2 Å². The minimum atomic E-state index is -0.401. The van der Waals surface area contributed by atoms with Crippen molar-refractivity contribution >= 4 is 93.1 Å². The van der Waals surface area contributed by atoms with E-state index >= 15 is 0 Å². The van der Waals surface area contributed by atoms with Gasteiger partial charge in [0.05, 0.1) is 11.5 Å². The number of rotatable bonds is 8. The number of thioether (sulfide) groups is 2. The second-order valence-corrected chi connectivity index (χ2v) is 12.3. The van der Waals surface area contributed by atoms with E-state index in [1.165, 1.54) is 11.3 Å². The summed E-state index contributed by atoms with van der Waals surface area (Å²) in [6.07, 6.45) is 0. The molecule has 0 saturated carbocycles. The third-order valence-electron chi connectivity index (χ3n) is 4.75. The van der Waals surface area contributed by atoms with Crippen LogP contribution in [0.2, 0.25) is 0 Å². The largest absolute Gasteiger partial charge is 0.298 e. The maximum absolute atomic E-state index is 12.2. The van der Waals surface area contributed by atoms with Crippen molar-refractivity contribution in [1.82, 2.24) is 42.5 Å². The average Bonchev–Trinajstić information content (AvgIpc) is 3.41. The first-order chi connectivity index (χ1) is 19.6. The Hall–Kier alpha value is -3.64. The number of hydrazine groups is 2. The number of nitrogens with one attached hydrogen (secondary N) is 6. The molecule has 2 aromatic carbocycles. The van der Waals surface area contributed by atoms with Crippen LogP contribution in [0.4, 0.5) is 0 Å². The number of carbonyl (C=O) groups excluding carboxylic acids is 4. The number of carbonyl (C=O) groups is 4. The summed E-state index contributed by atoms with van der Waals surface area (Å²) in [5, 5.41) is 12.8. The van der Waals surface area contributed by atoms with Crippen molar-refractivity contribution in [3.8, 4) is 0 Å². The standard InChI is InChI=1S/C24H24N8O4S5/c1-13-3-7-15(8-4-13)19(35)25-21(37)29-27-17(33)11-39-23-31-32-24(41-23)40-12-18(34)28-30-22(38)26-20(36)16-9-5-14(2)6-10-16/h3-10H,11-12H2,1-2H3,(H,27,33)(H,28,34)(H2,25,29,35,37)(H2,26,30,36,38). The van der Waals surface area contributed by atoms with Gasteiger partial charge in [-0.3, -0.25) is 51.5 Å². The highest BCUT2D eigenvalue weighted by molar-refractivity contribution is 8.03. The van der Waals surface area contributed by atoms with E-state index in [0.29, 0.717) is 19.8 Å². The summed E-state index contributed by atoms with van der Waals surface area (Å²) in [6.45, 7) is 3.83. The highest BCUT2D eigenvalue weighted by Crippen LogP contribution is 2.28. The first kappa shape index (κ1) is 31.9. The van der Waals surface area contributed by atoms with E-state index in [0.717, 1.165) is 34.7 Å². The second kappa shape index (κ2) is 16.0. The molecule has 214 valence electrons. The van der Waals surface area contributed by atoms with E-state index in [4.69, 9.17) is 24.4 Å². The molecule has 0 bridgehead atoms. The Balaban J connectivity index is 1.29. The third-order valence-corrected chi connectivity index (χ3v) is 8.35. The summed E-state index contributed by atoms with van der Waals surface area (Å²) in [6, 6.07) is 13.9. The topological polar surface area (TPSA) is 166 Å². The van der Waals surface area contributed by atoms with Crippen molar-refractivity contribution in [3.63, 3.8) is 0 Å². The van der Waals surface area contributed by atoms with Gasteiger partial charge in [-0.15, -0.1) is 10.2 Å². The molecule has 12 nitrogen and oxygen atoms in total. The van der Waals surface area contributed by atoms with Gasteiger partial charge < -0.3 is 0 Å². The van der Waals surface area contributed by atoms with Gasteiger partial charge in [0.15, 0.2) is 18.9 Å². The lowest BCUT2D eigenvalue weighted by atomic mass is 10.1. The van der Waals surface area contributed by atoms with Crippen molar-refractivity contribution in [2.75, 3.05) is 11.5 Å². The molecule has 6 N–H and O–H groups in total. The summed E-state index contributed by atoms with van der Waals surface area (Å²) in [5.74, 6) is -1.58.